The maximum Gasteiger partial charge on any atom is 0.313 e. The Balaban J connectivity index is 2.15. The SMILES string of the molecule is O=[N+]([O-])c1cccc(Cl)c1Oc1nc(Cl)nc2sccc12. The number of nitrogens with zero attached hydrogens (tertiary/aromatic N) is 3. The second-order valence-corrected chi connectivity index (χ2v) is 5.52. The third-order valence-corrected chi connectivity index (χ3v) is 3.88. The second-order valence-electron chi connectivity index (χ2n) is 3.88. The highest BCUT2D eigenvalue weighted by molar-refractivity contribution is 7.16. The fraction of sp³-hybridized carbons (Fsp3) is 0. The molecule has 1 aromatic carbocycles. The first kappa shape index (κ1) is 14.0. The van der Waals surface area contributed by atoms with E-state index in [1.807, 2.05) is 0 Å². The molecule has 0 saturated carbocycles. The number of nitro benzene ring substituents is 1. The van der Waals surface area contributed by atoms with Crippen molar-refractivity contribution in [3.63, 3.8) is 0 Å². The first-order chi connectivity index (χ1) is 10.1. The van der Waals surface area contributed by atoms with E-state index in [0.29, 0.717) is 10.2 Å². The highest BCUT2D eigenvalue weighted by Crippen LogP contribution is 2.39. The summed E-state index contributed by atoms with van der Waals surface area (Å²) in [7, 11) is 0. The Labute approximate surface area is 132 Å². The van der Waals surface area contributed by atoms with E-state index in [1.165, 1.54) is 29.5 Å². The number of aromatic nitrogens is 2. The molecular formula is C12H5Cl2N3O3S. The summed E-state index contributed by atoms with van der Waals surface area (Å²) in [6.07, 6.45) is 0. The Morgan fingerprint density at radius 2 is 2.05 bits per heavy atom. The second kappa shape index (κ2) is 5.44. The Morgan fingerprint density at radius 3 is 2.81 bits per heavy atom. The topological polar surface area (TPSA) is 78.2 Å². The van der Waals surface area contributed by atoms with Gasteiger partial charge in [0.25, 0.3) is 0 Å². The summed E-state index contributed by atoms with van der Waals surface area (Å²) < 4.78 is 5.55. The predicted molar refractivity (Wildman–Crippen MR) is 80.6 cm³/mol. The molecule has 0 aliphatic heterocycles. The maximum absolute atomic E-state index is 11.1. The number of halogens is 2. The molecule has 2 heterocycles. The van der Waals surface area contributed by atoms with Gasteiger partial charge in [-0.2, -0.15) is 4.98 Å². The summed E-state index contributed by atoms with van der Waals surface area (Å²) in [4.78, 5) is 19.1. The van der Waals surface area contributed by atoms with Crippen molar-refractivity contribution in [1.82, 2.24) is 9.97 Å². The fourth-order valence-electron chi connectivity index (χ4n) is 1.72. The van der Waals surface area contributed by atoms with E-state index in [4.69, 9.17) is 27.9 Å². The molecule has 9 heteroatoms. The van der Waals surface area contributed by atoms with Crippen molar-refractivity contribution in [1.29, 1.82) is 0 Å². The van der Waals surface area contributed by atoms with Gasteiger partial charge in [-0.25, -0.2) is 4.98 Å². The van der Waals surface area contributed by atoms with E-state index in [0.717, 1.165) is 0 Å². The number of para-hydroxylation sites is 1. The van der Waals surface area contributed by atoms with Gasteiger partial charge in [0.1, 0.15) is 4.83 Å². The van der Waals surface area contributed by atoms with Crippen LogP contribution in [0.2, 0.25) is 10.3 Å². The van der Waals surface area contributed by atoms with E-state index >= 15 is 0 Å². The van der Waals surface area contributed by atoms with Crippen LogP contribution in [-0.4, -0.2) is 14.9 Å². The molecule has 0 N–H and O–H groups in total. The van der Waals surface area contributed by atoms with Crippen molar-refractivity contribution in [3.8, 4) is 11.6 Å². The largest absolute Gasteiger partial charge is 0.429 e. The van der Waals surface area contributed by atoms with Crippen LogP contribution in [0.5, 0.6) is 11.6 Å². The van der Waals surface area contributed by atoms with Crippen LogP contribution < -0.4 is 4.74 Å². The first-order valence-electron chi connectivity index (χ1n) is 5.58. The molecule has 2 aromatic heterocycles. The quantitative estimate of drug-likeness (QED) is 0.392. The number of thiophene rings is 1. The third-order valence-electron chi connectivity index (χ3n) is 2.60. The van der Waals surface area contributed by atoms with Crippen molar-refractivity contribution in [2.45, 2.75) is 0 Å². The van der Waals surface area contributed by atoms with Gasteiger partial charge in [0.2, 0.25) is 16.9 Å². The average molecular weight is 342 g/mol. The molecule has 0 amide bonds. The fourth-order valence-corrected chi connectivity index (χ4v) is 2.89. The Kier molecular flexibility index (Phi) is 3.62. The molecule has 106 valence electrons. The minimum Gasteiger partial charge on any atom is -0.429 e. The van der Waals surface area contributed by atoms with E-state index in [2.05, 4.69) is 9.97 Å². The standard InChI is InChI=1S/C12H5Cl2N3O3S/c13-7-2-1-3-8(17(18)19)9(7)20-10-6-4-5-21-11(6)16-12(14)15-10/h1-5H. The number of rotatable bonds is 3. The van der Waals surface area contributed by atoms with Crippen LogP contribution in [0, 0.1) is 10.1 Å². The minimum absolute atomic E-state index is 0.00495. The van der Waals surface area contributed by atoms with Crippen LogP contribution in [0.3, 0.4) is 0 Å². The van der Waals surface area contributed by atoms with Crippen molar-refractivity contribution in [2.75, 3.05) is 0 Å². The monoisotopic (exact) mass is 341 g/mol. The predicted octanol–water partition coefficient (Wildman–Crippen LogP) is 4.70. The molecular weight excluding hydrogens is 337 g/mol. The Bertz CT molecular complexity index is 853. The molecule has 21 heavy (non-hydrogen) atoms. The molecule has 0 radical (unpaired) electrons. The number of benzene rings is 1. The number of ether oxygens (including phenoxy) is 1. The Hall–Kier alpha value is -1.96. The molecule has 0 saturated heterocycles. The number of fused-ring (bicyclic) bond motifs is 1. The summed E-state index contributed by atoms with van der Waals surface area (Å²) >= 11 is 13.2. The zero-order valence-electron chi connectivity index (χ0n) is 10.1. The van der Waals surface area contributed by atoms with Gasteiger partial charge < -0.3 is 4.74 Å². The zero-order chi connectivity index (χ0) is 15.0. The van der Waals surface area contributed by atoms with Gasteiger partial charge in [-0.05, 0) is 29.1 Å². The van der Waals surface area contributed by atoms with E-state index in [1.54, 1.807) is 11.4 Å². The molecule has 0 unspecified atom stereocenters. The molecule has 3 aromatic rings. The lowest BCUT2D eigenvalue weighted by molar-refractivity contribution is -0.385. The Morgan fingerprint density at radius 1 is 1.24 bits per heavy atom. The smallest absolute Gasteiger partial charge is 0.313 e. The number of nitro groups is 1. The van der Waals surface area contributed by atoms with Crippen molar-refractivity contribution in [3.05, 3.63) is 50.1 Å². The van der Waals surface area contributed by atoms with Gasteiger partial charge in [0.05, 0.1) is 15.3 Å². The lowest BCUT2D eigenvalue weighted by atomic mass is 10.3. The molecule has 6 nitrogen and oxygen atoms in total. The van der Waals surface area contributed by atoms with Crippen molar-refractivity contribution >= 4 is 50.4 Å². The molecule has 0 atom stereocenters. The number of hydrogen-bond donors (Lipinski definition) is 0. The van der Waals surface area contributed by atoms with Gasteiger partial charge in [0.15, 0.2) is 0 Å². The summed E-state index contributed by atoms with van der Waals surface area (Å²) in [6, 6.07) is 6.02. The van der Waals surface area contributed by atoms with Crippen LogP contribution in [-0.2, 0) is 0 Å². The van der Waals surface area contributed by atoms with Gasteiger partial charge in [0, 0.05) is 6.07 Å². The lowest BCUT2D eigenvalue weighted by Crippen LogP contribution is -1.96. The average Bonchev–Trinajstić information content (AvgIpc) is 2.88. The third kappa shape index (κ3) is 2.63. The summed E-state index contributed by atoms with van der Waals surface area (Å²) in [5, 5.41) is 13.6. The van der Waals surface area contributed by atoms with Crippen LogP contribution in [0.1, 0.15) is 0 Å². The highest BCUT2D eigenvalue weighted by Gasteiger charge is 2.21. The summed E-state index contributed by atoms with van der Waals surface area (Å²) in [5.41, 5.74) is -0.249. The van der Waals surface area contributed by atoms with E-state index in [9.17, 15) is 10.1 Å². The minimum atomic E-state index is -0.575. The summed E-state index contributed by atoms with van der Waals surface area (Å²) in [5.74, 6) is 0.0499. The summed E-state index contributed by atoms with van der Waals surface area (Å²) in [6.45, 7) is 0. The first-order valence-corrected chi connectivity index (χ1v) is 7.21. The molecule has 0 bridgehead atoms. The maximum atomic E-state index is 11.1. The zero-order valence-corrected chi connectivity index (χ0v) is 12.4. The van der Waals surface area contributed by atoms with Crippen LogP contribution in [0.4, 0.5) is 5.69 Å². The highest BCUT2D eigenvalue weighted by atomic mass is 35.5. The van der Waals surface area contributed by atoms with Gasteiger partial charge >= 0.3 is 5.69 Å². The van der Waals surface area contributed by atoms with Crippen LogP contribution in [0.15, 0.2) is 29.6 Å². The molecule has 0 aliphatic rings. The van der Waals surface area contributed by atoms with Gasteiger partial charge in [-0.1, -0.05) is 17.7 Å². The van der Waals surface area contributed by atoms with Crippen LogP contribution in [0.25, 0.3) is 10.2 Å². The number of hydrogen-bond acceptors (Lipinski definition) is 6. The normalized spacial score (nSPS) is 10.8. The van der Waals surface area contributed by atoms with Crippen molar-refractivity contribution < 1.29 is 9.66 Å². The molecule has 3 rings (SSSR count). The van der Waals surface area contributed by atoms with Gasteiger partial charge in [-0.3, -0.25) is 10.1 Å². The van der Waals surface area contributed by atoms with E-state index in [-0.39, 0.29) is 27.6 Å². The molecule has 0 spiro atoms. The van der Waals surface area contributed by atoms with E-state index < -0.39 is 4.92 Å². The molecule has 0 fully saturated rings. The van der Waals surface area contributed by atoms with Crippen molar-refractivity contribution in [2.24, 2.45) is 0 Å². The van der Waals surface area contributed by atoms with Gasteiger partial charge in [-0.15, -0.1) is 11.3 Å². The molecule has 0 aliphatic carbocycles. The lowest BCUT2D eigenvalue weighted by Gasteiger charge is -2.08. The van der Waals surface area contributed by atoms with Crippen LogP contribution >= 0.6 is 34.5 Å².